The van der Waals surface area contributed by atoms with Gasteiger partial charge in [0.25, 0.3) is 5.91 Å². The van der Waals surface area contributed by atoms with Crippen molar-refractivity contribution >= 4 is 23.4 Å². The SMILES string of the molecule is Cc1ccc(CNC(=O)C(NC(=O)c2ccccc2Cl)C(C)C)cc1. The number of carbonyl (C=O) groups is 2. The zero-order chi connectivity index (χ0) is 18.4. The van der Waals surface area contributed by atoms with Gasteiger partial charge in [-0.25, -0.2) is 0 Å². The lowest BCUT2D eigenvalue weighted by Gasteiger charge is -2.22. The van der Waals surface area contributed by atoms with Crippen molar-refractivity contribution in [2.24, 2.45) is 5.92 Å². The van der Waals surface area contributed by atoms with Crippen molar-refractivity contribution in [2.75, 3.05) is 0 Å². The third-order valence-electron chi connectivity index (χ3n) is 3.94. The summed E-state index contributed by atoms with van der Waals surface area (Å²) in [4.78, 5) is 24.9. The highest BCUT2D eigenvalue weighted by Crippen LogP contribution is 2.15. The van der Waals surface area contributed by atoms with Crippen molar-refractivity contribution in [3.8, 4) is 0 Å². The Bertz CT molecular complexity index is 742. The third kappa shape index (κ3) is 5.33. The Balaban J connectivity index is 2.01. The van der Waals surface area contributed by atoms with Crippen LogP contribution in [0.4, 0.5) is 0 Å². The zero-order valence-electron chi connectivity index (χ0n) is 14.7. The highest BCUT2D eigenvalue weighted by molar-refractivity contribution is 6.33. The van der Waals surface area contributed by atoms with Gasteiger partial charge >= 0.3 is 0 Å². The molecule has 0 spiro atoms. The summed E-state index contributed by atoms with van der Waals surface area (Å²) in [5, 5.41) is 6.03. The number of aryl methyl sites for hydroxylation is 1. The van der Waals surface area contributed by atoms with E-state index in [9.17, 15) is 9.59 Å². The number of rotatable bonds is 6. The number of benzene rings is 2. The minimum Gasteiger partial charge on any atom is -0.350 e. The van der Waals surface area contributed by atoms with Crippen molar-refractivity contribution in [3.05, 3.63) is 70.2 Å². The highest BCUT2D eigenvalue weighted by atomic mass is 35.5. The number of amides is 2. The maximum absolute atomic E-state index is 12.5. The second kappa shape index (κ2) is 8.67. The van der Waals surface area contributed by atoms with Crippen LogP contribution in [0.3, 0.4) is 0 Å². The van der Waals surface area contributed by atoms with Gasteiger partial charge in [0, 0.05) is 6.54 Å². The van der Waals surface area contributed by atoms with E-state index in [1.165, 1.54) is 5.56 Å². The van der Waals surface area contributed by atoms with Gasteiger partial charge in [-0.15, -0.1) is 0 Å². The Kier molecular flexibility index (Phi) is 6.59. The molecule has 0 radical (unpaired) electrons. The Morgan fingerprint density at radius 3 is 2.28 bits per heavy atom. The molecule has 0 aliphatic rings. The van der Waals surface area contributed by atoms with Gasteiger partial charge in [0.05, 0.1) is 10.6 Å². The van der Waals surface area contributed by atoms with Crippen LogP contribution in [0.5, 0.6) is 0 Å². The van der Waals surface area contributed by atoms with Gasteiger partial charge in [0.1, 0.15) is 6.04 Å². The fourth-order valence-electron chi connectivity index (χ4n) is 2.40. The van der Waals surface area contributed by atoms with E-state index >= 15 is 0 Å². The number of hydrogen-bond donors (Lipinski definition) is 2. The van der Waals surface area contributed by atoms with E-state index in [-0.39, 0.29) is 17.7 Å². The fourth-order valence-corrected chi connectivity index (χ4v) is 2.63. The maximum atomic E-state index is 12.5. The van der Waals surface area contributed by atoms with Crippen LogP contribution < -0.4 is 10.6 Å². The first kappa shape index (κ1) is 19.0. The molecule has 0 fully saturated rings. The molecule has 2 aromatic carbocycles. The summed E-state index contributed by atoms with van der Waals surface area (Å²) in [6.45, 7) is 6.22. The summed E-state index contributed by atoms with van der Waals surface area (Å²) < 4.78 is 0. The molecule has 0 aliphatic heterocycles. The standard InChI is InChI=1S/C20H23ClN2O2/c1-13(2)18(23-19(24)16-6-4-5-7-17(16)21)20(25)22-12-15-10-8-14(3)9-11-15/h4-11,13,18H,12H2,1-3H3,(H,22,25)(H,23,24). The molecule has 4 nitrogen and oxygen atoms in total. The number of carbonyl (C=O) groups excluding carboxylic acids is 2. The topological polar surface area (TPSA) is 58.2 Å². The minimum absolute atomic E-state index is 0.0514. The second-order valence-corrected chi connectivity index (χ2v) is 6.79. The average Bonchev–Trinajstić information content (AvgIpc) is 2.58. The molecule has 25 heavy (non-hydrogen) atoms. The van der Waals surface area contributed by atoms with Crippen molar-refractivity contribution < 1.29 is 9.59 Å². The van der Waals surface area contributed by atoms with Gasteiger partial charge in [0.15, 0.2) is 0 Å². The molecule has 1 atom stereocenters. The van der Waals surface area contributed by atoms with Gasteiger partial charge in [0.2, 0.25) is 5.91 Å². The van der Waals surface area contributed by atoms with E-state index in [0.29, 0.717) is 17.1 Å². The molecule has 2 amide bonds. The summed E-state index contributed by atoms with van der Waals surface area (Å²) in [5.74, 6) is -0.616. The van der Waals surface area contributed by atoms with Crippen LogP contribution in [0.2, 0.25) is 5.02 Å². The first-order valence-electron chi connectivity index (χ1n) is 8.27. The molecule has 0 aliphatic carbocycles. The quantitative estimate of drug-likeness (QED) is 0.826. The van der Waals surface area contributed by atoms with Crippen molar-refractivity contribution in [1.82, 2.24) is 10.6 Å². The highest BCUT2D eigenvalue weighted by Gasteiger charge is 2.25. The monoisotopic (exact) mass is 358 g/mol. The van der Waals surface area contributed by atoms with E-state index < -0.39 is 6.04 Å². The molecular weight excluding hydrogens is 336 g/mol. The van der Waals surface area contributed by atoms with Crippen LogP contribution in [-0.4, -0.2) is 17.9 Å². The first-order chi connectivity index (χ1) is 11.9. The van der Waals surface area contributed by atoms with E-state index in [2.05, 4.69) is 10.6 Å². The van der Waals surface area contributed by atoms with Gasteiger partial charge < -0.3 is 10.6 Å². The Hall–Kier alpha value is -2.33. The van der Waals surface area contributed by atoms with Crippen LogP contribution in [0.25, 0.3) is 0 Å². The van der Waals surface area contributed by atoms with Gasteiger partial charge in [-0.1, -0.05) is 67.4 Å². The summed E-state index contributed by atoms with van der Waals surface area (Å²) in [6.07, 6.45) is 0. The largest absolute Gasteiger partial charge is 0.350 e. The Morgan fingerprint density at radius 1 is 1.04 bits per heavy atom. The summed E-state index contributed by atoms with van der Waals surface area (Å²) in [7, 11) is 0. The van der Waals surface area contributed by atoms with Crippen LogP contribution in [0.15, 0.2) is 48.5 Å². The predicted molar refractivity (Wildman–Crippen MR) is 101 cm³/mol. The summed E-state index contributed by atoms with van der Waals surface area (Å²) >= 11 is 6.05. The van der Waals surface area contributed by atoms with Crippen LogP contribution in [0.1, 0.15) is 35.3 Å². The lowest BCUT2D eigenvalue weighted by atomic mass is 10.0. The molecule has 132 valence electrons. The predicted octanol–water partition coefficient (Wildman–Crippen LogP) is 3.72. The molecule has 0 heterocycles. The van der Waals surface area contributed by atoms with Gasteiger partial charge in [-0.3, -0.25) is 9.59 Å². The van der Waals surface area contributed by atoms with Crippen LogP contribution in [-0.2, 0) is 11.3 Å². The third-order valence-corrected chi connectivity index (χ3v) is 4.27. The first-order valence-corrected chi connectivity index (χ1v) is 8.65. The fraction of sp³-hybridized carbons (Fsp3) is 0.300. The summed E-state index contributed by atoms with van der Waals surface area (Å²) in [5.41, 5.74) is 2.54. The molecule has 2 N–H and O–H groups in total. The number of hydrogen-bond acceptors (Lipinski definition) is 2. The maximum Gasteiger partial charge on any atom is 0.253 e. The lowest BCUT2D eigenvalue weighted by Crippen LogP contribution is -2.49. The van der Waals surface area contributed by atoms with Gasteiger partial charge in [-0.05, 0) is 30.5 Å². The number of halogens is 1. The summed E-state index contributed by atoms with van der Waals surface area (Å²) in [6, 6.07) is 14.1. The molecule has 2 aromatic rings. The van der Waals surface area contributed by atoms with E-state index in [1.807, 2.05) is 45.0 Å². The molecule has 0 aromatic heterocycles. The minimum atomic E-state index is -0.630. The van der Waals surface area contributed by atoms with Crippen molar-refractivity contribution in [1.29, 1.82) is 0 Å². The second-order valence-electron chi connectivity index (χ2n) is 6.38. The molecule has 0 bridgehead atoms. The van der Waals surface area contributed by atoms with E-state index in [4.69, 9.17) is 11.6 Å². The van der Waals surface area contributed by atoms with Crippen LogP contribution >= 0.6 is 11.6 Å². The van der Waals surface area contributed by atoms with E-state index in [1.54, 1.807) is 24.3 Å². The molecule has 2 rings (SSSR count). The molecule has 1 unspecified atom stereocenters. The normalized spacial score (nSPS) is 11.9. The molecule has 5 heteroatoms. The molecule has 0 saturated heterocycles. The smallest absolute Gasteiger partial charge is 0.253 e. The Morgan fingerprint density at radius 2 is 1.68 bits per heavy atom. The van der Waals surface area contributed by atoms with Crippen LogP contribution in [0, 0.1) is 12.8 Å². The number of nitrogens with one attached hydrogen (secondary N) is 2. The average molecular weight is 359 g/mol. The lowest BCUT2D eigenvalue weighted by molar-refractivity contribution is -0.124. The molecule has 0 saturated carbocycles. The van der Waals surface area contributed by atoms with E-state index in [0.717, 1.165) is 5.56 Å². The Labute approximate surface area is 153 Å². The van der Waals surface area contributed by atoms with Gasteiger partial charge in [-0.2, -0.15) is 0 Å². The molecular formula is C20H23ClN2O2. The van der Waals surface area contributed by atoms with Crippen molar-refractivity contribution in [2.45, 2.75) is 33.4 Å². The zero-order valence-corrected chi connectivity index (χ0v) is 15.4. The van der Waals surface area contributed by atoms with Crippen molar-refractivity contribution in [3.63, 3.8) is 0 Å².